The summed E-state index contributed by atoms with van der Waals surface area (Å²) in [6, 6.07) is 16.3. The number of piperidine rings is 2. The number of hydrogen-bond donors (Lipinski definition) is 2. The van der Waals surface area contributed by atoms with Crippen molar-refractivity contribution >= 4 is 17.7 Å². The molecule has 2 fully saturated rings. The monoisotopic (exact) mass is 446 g/mol. The minimum atomic E-state index is -0.585. The van der Waals surface area contributed by atoms with Crippen LogP contribution in [0.1, 0.15) is 52.7 Å². The lowest BCUT2D eigenvalue weighted by Gasteiger charge is -2.35. The molecule has 3 amide bonds. The minimum Gasteiger partial charge on any atom is -0.322 e. The summed E-state index contributed by atoms with van der Waals surface area (Å²) >= 11 is 0. The van der Waals surface area contributed by atoms with E-state index in [0.717, 1.165) is 50.1 Å². The van der Waals surface area contributed by atoms with Gasteiger partial charge in [-0.2, -0.15) is 0 Å². The highest BCUT2D eigenvalue weighted by molar-refractivity contribution is 6.05. The number of carbonyl (C=O) groups excluding carboxylic acids is 3. The molecule has 172 valence electrons. The molecule has 2 aromatic rings. The molecule has 2 aromatic carbocycles. The van der Waals surface area contributed by atoms with Gasteiger partial charge in [-0.3, -0.25) is 24.6 Å². The van der Waals surface area contributed by atoms with E-state index in [1.807, 2.05) is 18.2 Å². The van der Waals surface area contributed by atoms with Crippen molar-refractivity contribution < 1.29 is 14.4 Å². The predicted octanol–water partition coefficient (Wildman–Crippen LogP) is 2.20. The van der Waals surface area contributed by atoms with Crippen LogP contribution in [0.3, 0.4) is 0 Å². The van der Waals surface area contributed by atoms with Crippen molar-refractivity contribution in [1.82, 2.24) is 20.4 Å². The lowest BCUT2D eigenvalue weighted by atomic mass is 9.99. The SMILES string of the molecule is O=C1CCC(N2Cc3c(CN(Cc4ccccc4)C4CCCNC4)cccc3C2=O)C(=O)N1. The van der Waals surface area contributed by atoms with Crippen molar-refractivity contribution in [1.29, 1.82) is 0 Å². The van der Waals surface area contributed by atoms with Gasteiger partial charge in [0.05, 0.1) is 0 Å². The van der Waals surface area contributed by atoms with Gasteiger partial charge in [0.25, 0.3) is 5.91 Å². The Bertz CT molecular complexity index is 1050. The van der Waals surface area contributed by atoms with E-state index < -0.39 is 6.04 Å². The van der Waals surface area contributed by atoms with Gasteiger partial charge < -0.3 is 10.2 Å². The Hall–Kier alpha value is -3.03. The third-order valence-electron chi connectivity index (χ3n) is 7.07. The zero-order chi connectivity index (χ0) is 22.8. The van der Waals surface area contributed by atoms with Crippen molar-refractivity contribution in [2.75, 3.05) is 13.1 Å². The number of benzene rings is 2. The molecule has 0 aliphatic carbocycles. The molecule has 2 N–H and O–H groups in total. The Morgan fingerprint density at radius 2 is 1.82 bits per heavy atom. The standard InChI is InChI=1S/C26H30N4O3/c31-24-12-11-23(25(32)28-24)30-17-22-19(8-4-10-21(22)26(30)33)16-29(20-9-5-13-27-14-20)15-18-6-2-1-3-7-18/h1-4,6-8,10,20,23,27H,5,9,11-17H2,(H,28,31,32). The van der Waals surface area contributed by atoms with E-state index in [9.17, 15) is 14.4 Å². The number of fused-ring (bicyclic) bond motifs is 1. The fourth-order valence-electron chi connectivity index (χ4n) is 5.29. The van der Waals surface area contributed by atoms with Gasteiger partial charge in [0.1, 0.15) is 6.04 Å². The Labute approximate surface area is 194 Å². The zero-order valence-electron chi connectivity index (χ0n) is 18.8. The molecule has 0 bridgehead atoms. The zero-order valence-corrected chi connectivity index (χ0v) is 18.8. The van der Waals surface area contributed by atoms with Crippen LogP contribution in [0.15, 0.2) is 48.5 Å². The van der Waals surface area contributed by atoms with Gasteiger partial charge in [-0.25, -0.2) is 0 Å². The van der Waals surface area contributed by atoms with Gasteiger partial charge in [0, 0.05) is 44.2 Å². The van der Waals surface area contributed by atoms with E-state index in [1.54, 1.807) is 4.90 Å². The molecule has 0 aromatic heterocycles. The lowest BCUT2D eigenvalue weighted by Crippen LogP contribution is -2.52. The first-order valence-corrected chi connectivity index (χ1v) is 11.8. The Kier molecular flexibility index (Phi) is 6.24. The molecule has 5 rings (SSSR count). The lowest BCUT2D eigenvalue weighted by molar-refractivity contribution is -0.136. The minimum absolute atomic E-state index is 0.115. The van der Waals surface area contributed by atoms with Crippen molar-refractivity contribution in [3.63, 3.8) is 0 Å². The first-order chi connectivity index (χ1) is 16.1. The first kappa shape index (κ1) is 21.8. The molecule has 0 radical (unpaired) electrons. The van der Waals surface area contributed by atoms with Crippen molar-refractivity contribution in [3.8, 4) is 0 Å². The molecule has 2 atom stereocenters. The molecule has 2 saturated heterocycles. The number of nitrogens with zero attached hydrogens (tertiary/aromatic N) is 2. The van der Waals surface area contributed by atoms with E-state index in [-0.39, 0.29) is 24.1 Å². The Balaban J connectivity index is 1.39. The summed E-state index contributed by atoms with van der Waals surface area (Å²) in [5.74, 6) is -0.748. The van der Waals surface area contributed by atoms with E-state index in [0.29, 0.717) is 24.6 Å². The highest BCUT2D eigenvalue weighted by Crippen LogP contribution is 2.31. The quantitative estimate of drug-likeness (QED) is 0.665. The van der Waals surface area contributed by atoms with E-state index in [4.69, 9.17) is 0 Å². The average Bonchev–Trinajstić information content (AvgIpc) is 3.17. The molecule has 3 aliphatic rings. The molecule has 0 saturated carbocycles. The van der Waals surface area contributed by atoms with Gasteiger partial charge >= 0.3 is 0 Å². The predicted molar refractivity (Wildman–Crippen MR) is 124 cm³/mol. The second kappa shape index (κ2) is 9.45. The normalized spacial score (nSPS) is 23.1. The second-order valence-corrected chi connectivity index (χ2v) is 9.23. The van der Waals surface area contributed by atoms with Crippen LogP contribution in [0.4, 0.5) is 0 Å². The summed E-state index contributed by atoms with van der Waals surface area (Å²) in [5, 5.41) is 5.91. The maximum atomic E-state index is 13.2. The molecule has 3 aliphatic heterocycles. The van der Waals surface area contributed by atoms with E-state index in [1.165, 1.54) is 5.56 Å². The maximum absolute atomic E-state index is 13.2. The number of imide groups is 1. The Morgan fingerprint density at radius 1 is 0.970 bits per heavy atom. The number of hydrogen-bond acceptors (Lipinski definition) is 5. The average molecular weight is 447 g/mol. The van der Waals surface area contributed by atoms with Crippen molar-refractivity contribution in [2.24, 2.45) is 0 Å². The third-order valence-corrected chi connectivity index (χ3v) is 7.07. The van der Waals surface area contributed by atoms with Crippen LogP contribution in [-0.2, 0) is 29.2 Å². The van der Waals surface area contributed by atoms with E-state index in [2.05, 4.69) is 45.9 Å². The second-order valence-electron chi connectivity index (χ2n) is 9.23. The fraction of sp³-hybridized carbons (Fsp3) is 0.423. The van der Waals surface area contributed by atoms with Crippen LogP contribution in [-0.4, -0.2) is 52.7 Å². The number of rotatable bonds is 6. The number of carbonyl (C=O) groups is 3. The molecule has 2 unspecified atom stereocenters. The smallest absolute Gasteiger partial charge is 0.255 e. The maximum Gasteiger partial charge on any atom is 0.255 e. The van der Waals surface area contributed by atoms with Crippen molar-refractivity contribution in [2.45, 2.75) is 57.4 Å². The summed E-state index contributed by atoms with van der Waals surface area (Å²) in [4.78, 5) is 41.3. The molecule has 0 spiro atoms. The number of nitrogens with one attached hydrogen (secondary N) is 2. The van der Waals surface area contributed by atoms with Crippen LogP contribution in [0.25, 0.3) is 0 Å². The molecular weight excluding hydrogens is 416 g/mol. The largest absolute Gasteiger partial charge is 0.322 e. The van der Waals surface area contributed by atoms with Gasteiger partial charge in [0.15, 0.2) is 0 Å². The molecule has 33 heavy (non-hydrogen) atoms. The molecular formula is C26H30N4O3. The van der Waals surface area contributed by atoms with E-state index >= 15 is 0 Å². The van der Waals surface area contributed by atoms with Crippen LogP contribution in [0, 0.1) is 0 Å². The van der Waals surface area contributed by atoms with Crippen molar-refractivity contribution in [3.05, 3.63) is 70.8 Å². The summed E-state index contributed by atoms with van der Waals surface area (Å²) in [5.41, 5.74) is 4.10. The third kappa shape index (κ3) is 4.56. The van der Waals surface area contributed by atoms with Gasteiger partial charge in [0.2, 0.25) is 11.8 Å². The molecule has 7 heteroatoms. The summed E-state index contributed by atoms with van der Waals surface area (Å²) in [7, 11) is 0. The highest BCUT2D eigenvalue weighted by Gasteiger charge is 2.40. The highest BCUT2D eigenvalue weighted by atomic mass is 16.2. The summed E-state index contributed by atoms with van der Waals surface area (Å²) in [6.07, 6.45) is 2.96. The summed E-state index contributed by atoms with van der Waals surface area (Å²) < 4.78 is 0. The van der Waals surface area contributed by atoms with Crippen LogP contribution >= 0.6 is 0 Å². The number of amides is 3. The fourth-order valence-corrected chi connectivity index (χ4v) is 5.29. The first-order valence-electron chi connectivity index (χ1n) is 11.8. The van der Waals surface area contributed by atoms with Crippen LogP contribution in [0.2, 0.25) is 0 Å². The summed E-state index contributed by atoms with van der Waals surface area (Å²) in [6.45, 7) is 4.04. The topological polar surface area (TPSA) is 81.8 Å². The molecule has 7 nitrogen and oxygen atoms in total. The van der Waals surface area contributed by atoms with Crippen LogP contribution < -0.4 is 10.6 Å². The van der Waals surface area contributed by atoms with Gasteiger partial charge in [-0.05, 0) is 48.6 Å². The van der Waals surface area contributed by atoms with Gasteiger partial charge in [-0.15, -0.1) is 0 Å². The Morgan fingerprint density at radius 3 is 2.58 bits per heavy atom. The van der Waals surface area contributed by atoms with Gasteiger partial charge in [-0.1, -0.05) is 42.5 Å². The van der Waals surface area contributed by atoms with Crippen LogP contribution in [0.5, 0.6) is 0 Å². The molecule has 3 heterocycles.